The first kappa shape index (κ1) is 25.1. The lowest BCUT2D eigenvalue weighted by atomic mass is 9.94. The molecule has 0 radical (unpaired) electrons. The van der Waals surface area contributed by atoms with Crippen molar-refractivity contribution >= 4 is 29.3 Å². The maximum absolute atomic E-state index is 12.7. The highest BCUT2D eigenvalue weighted by Gasteiger charge is 2.22. The molecule has 31 heavy (non-hydrogen) atoms. The van der Waals surface area contributed by atoms with Crippen LogP contribution >= 0.6 is 11.8 Å². The lowest BCUT2D eigenvalue weighted by Gasteiger charge is -2.31. The summed E-state index contributed by atoms with van der Waals surface area (Å²) in [5, 5.41) is 16.6. The third-order valence-corrected chi connectivity index (χ3v) is 6.38. The Labute approximate surface area is 188 Å². The average molecular weight is 451 g/mol. The molecule has 2 amide bonds. The topological polar surface area (TPSA) is 105 Å². The summed E-state index contributed by atoms with van der Waals surface area (Å²) in [7, 11) is 2.15. The first-order chi connectivity index (χ1) is 14.9. The van der Waals surface area contributed by atoms with Gasteiger partial charge < -0.3 is 15.5 Å². The van der Waals surface area contributed by atoms with Crippen LogP contribution in [0.25, 0.3) is 0 Å². The van der Waals surface area contributed by atoms with Gasteiger partial charge >= 0.3 is 0 Å². The van der Waals surface area contributed by atoms with Gasteiger partial charge in [0, 0.05) is 30.3 Å². The maximum atomic E-state index is 12.7. The van der Waals surface area contributed by atoms with Crippen LogP contribution in [0.3, 0.4) is 0 Å². The summed E-state index contributed by atoms with van der Waals surface area (Å²) in [4.78, 5) is 38.0. The Balaban J connectivity index is 1.84. The van der Waals surface area contributed by atoms with Gasteiger partial charge in [0.1, 0.15) is 6.04 Å². The van der Waals surface area contributed by atoms with Gasteiger partial charge in [0.15, 0.2) is 0 Å². The van der Waals surface area contributed by atoms with Gasteiger partial charge in [0.25, 0.3) is 11.6 Å². The third-order valence-electron chi connectivity index (χ3n) is 5.74. The summed E-state index contributed by atoms with van der Waals surface area (Å²) in [5.41, 5.74) is 0.0186. The Hall–Kier alpha value is -2.13. The molecule has 0 saturated heterocycles. The van der Waals surface area contributed by atoms with Crippen LogP contribution in [0.4, 0.5) is 5.69 Å². The molecule has 1 aromatic rings. The molecule has 1 aliphatic carbocycles. The second kappa shape index (κ2) is 13.3. The van der Waals surface area contributed by atoms with Gasteiger partial charge in [-0.3, -0.25) is 19.7 Å². The summed E-state index contributed by atoms with van der Waals surface area (Å²) in [6.07, 6.45) is 9.73. The first-order valence-corrected chi connectivity index (χ1v) is 12.3. The molecule has 1 atom stereocenters. The van der Waals surface area contributed by atoms with Crippen LogP contribution in [0.15, 0.2) is 24.3 Å². The Morgan fingerprint density at radius 1 is 1.29 bits per heavy atom. The van der Waals surface area contributed by atoms with Crippen LogP contribution in [0.2, 0.25) is 0 Å². The van der Waals surface area contributed by atoms with Crippen molar-refractivity contribution in [3.63, 3.8) is 0 Å². The highest BCUT2D eigenvalue weighted by molar-refractivity contribution is 7.98. The van der Waals surface area contributed by atoms with Crippen molar-refractivity contribution in [2.24, 2.45) is 0 Å². The van der Waals surface area contributed by atoms with Gasteiger partial charge in [-0.15, -0.1) is 0 Å². The number of non-ortho nitro benzene ring substituents is 1. The van der Waals surface area contributed by atoms with Gasteiger partial charge in [-0.2, -0.15) is 11.8 Å². The van der Waals surface area contributed by atoms with E-state index in [4.69, 9.17) is 0 Å². The summed E-state index contributed by atoms with van der Waals surface area (Å²) in [6.45, 7) is 1.48. The zero-order chi connectivity index (χ0) is 22.6. The zero-order valence-corrected chi connectivity index (χ0v) is 19.3. The Kier molecular flexibility index (Phi) is 10.8. The normalized spacial score (nSPS) is 15.5. The lowest BCUT2D eigenvalue weighted by Crippen LogP contribution is -2.47. The van der Waals surface area contributed by atoms with Crippen molar-refractivity contribution in [3.8, 4) is 0 Å². The molecule has 1 saturated carbocycles. The minimum Gasteiger partial charge on any atom is -0.354 e. The van der Waals surface area contributed by atoms with Gasteiger partial charge in [-0.1, -0.05) is 25.3 Å². The number of carbonyl (C=O) groups excluding carboxylic acids is 2. The largest absolute Gasteiger partial charge is 0.354 e. The van der Waals surface area contributed by atoms with Crippen molar-refractivity contribution in [2.45, 2.75) is 57.0 Å². The molecule has 1 unspecified atom stereocenters. The smallest absolute Gasteiger partial charge is 0.270 e. The van der Waals surface area contributed by atoms with Crippen LogP contribution in [0.5, 0.6) is 0 Å². The predicted molar refractivity (Wildman–Crippen MR) is 124 cm³/mol. The van der Waals surface area contributed by atoms with E-state index in [2.05, 4.69) is 22.6 Å². The molecule has 1 fully saturated rings. The number of nitro benzene ring substituents is 1. The Bertz CT molecular complexity index is 740. The molecule has 1 aliphatic rings. The minimum atomic E-state index is -0.671. The number of hydrogen-bond acceptors (Lipinski definition) is 6. The fraction of sp³-hybridized carbons (Fsp3) is 0.636. The van der Waals surface area contributed by atoms with Gasteiger partial charge in [0.05, 0.1) is 4.92 Å². The van der Waals surface area contributed by atoms with Crippen molar-refractivity contribution < 1.29 is 14.5 Å². The quantitative estimate of drug-likeness (QED) is 0.288. The van der Waals surface area contributed by atoms with Crippen LogP contribution in [-0.4, -0.2) is 65.9 Å². The standard InChI is InChI=1S/C22H34N4O4S/c1-25(18-9-4-3-5-10-18)14-7-13-23-22(28)20(12-15-31-2)24-21(27)17-8-6-11-19(16-17)26(29)30/h6,8,11,16,18,20H,3-5,7,9-10,12-15H2,1-2H3,(H,23,28)(H,24,27). The van der Waals surface area contributed by atoms with E-state index < -0.39 is 16.9 Å². The van der Waals surface area contributed by atoms with Crippen molar-refractivity contribution in [1.82, 2.24) is 15.5 Å². The summed E-state index contributed by atoms with van der Waals surface area (Å²) in [5.74, 6) is 0.0210. The molecular formula is C22H34N4O4S. The van der Waals surface area contributed by atoms with Crippen molar-refractivity contribution in [3.05, 3.63) is 39.9 Å². The number of amides is 2. The van der Waals surface area contributed by atoms with Crippen LogP contribution in [-0.2, 0) is 4.79 Å². The van der Waals surface area contributed by atoms with E-state index in [0.717, 1.165) is 18.7 Å². The first-order valence-electron chi connectivity index (χ1n) is 10.9. The maximum Gasteiger partial charge on any atom is 0.270 e. The number of benzene rings is 1. The number of nitro groups is 1. The van der Waals surface area contributed by atoms with E-state index in [1.807, 2.05) is 6.26 Å². The fourth-order valence-electron chi connectivity index (χ4n) is 3.87. The predicted octanol–water partition coefficient (Wildman–Crippen LogP) is 3.22. The monoisotopic (exact) mass is 450 g/mol. The molecule has 9 heteroatoms. The van der Waals surface area contributed by atoms with E-state index in [1.165, 1.54) is 56.4 Å². The molecule has 2 rings (SSSR count). The number of thioether (sulfide) groups is 1. The van der Waals surface area contributed by atoms with Crippen LogP contribution < -0.4 is 10.6 Å². The molecule has 0 heterocycles. The number of nitrogens with zero attached hydrogens (tertiary/aromatic N) is 2. The molecule has 172 valence electrons. The molecule has 0 aliphatic heterocycles. The Morgan fingerprint density at radius 2 is 2.03 bits per heavy atom. The van der Waals surface area contributed by atoms with Gasteiger partial charge in [0.2, 0.25) is 5.91 Å². The number of hydrogen-bond donors (Lipinski definition) is 2. The summed E-state index contributed by atoms with van der Waals surface area (Å²) in [6, 6.07) is 5.50. The summed E-state index contributed by atoms with van der Waals surface area (Å²) < 4.78 is 0. The average Bonchev–Trinajstić information content (AvgIpc) is 2.79. The minimum absolute atomic E-state index is 0.153. The Morgan fingerprint density at radius 3 is 2.71 bits per heavy atom. The molecule has 0 spiro atoms. The SMILES string of the molecule is CSCCC(NC(=O)c1cccc([N+](=O)[O-])c1)C(=O)NCCCN(C)C1CCCCC1. The molecule has 2 N–H and O–H groups in total. The highest BCUT2D eigenvalue weighted by Crippen LogP contribution is 2.21. The third kappa shape index (κ3) is 8.49. The fourth-order valence-corrected chi connectivity index (χ4v) is 4.35. The molecule has 1 aromatic carbocycles. The van der Waals surface area contributed by atoms with Gasteiger partial charge in [-0.25, -0.2) is 0 Å². The van der Waals surface area contributed by atoms with E-state index in [1.54, 1.807) is 11.8 Å². The zero-order valence-electron chi connectivity index (χ0n) is 18.5. The second-order valence-electron chi connectivity index (χ2n) is 8.03. The number of carbonyl (C=O) groups is 2. The highest BCUT2D eigenvalue weighted by atomic mass is 32.2. The number of nitrogens with one attached hydrogen (secondary N) is 2. The second-order valence-corrected chi connectivity index (χ2v) is 9.02. The molecule has 0 aromatic heterocycles. The molecular weight excluding hydrogens is 416 g/mol. The van der Waals surface area contributed by atoms with Crippen molar-refractivity contribution in [2.75, 3.05) is 32.1 Å². The van der Waals surface area contributed by atoms with E-state index >= 15 is 0 Å². The van der Waals surface area contributed by atoms with Gasteiger partial charge in [-0.05, 0) is 57.4 Å². The lowest BCUT2D eigenvalue weighted by molar-refractivity contribution is -0.384. The van der Waals surface area contributed by atoms with Crippen molar-refractivity contribution in [1.29, 1.82) is 0 Å². The van der Waals surface area contributed by atoms with Crippen LogP contribution in [0.1, 0.15) is 55.3 Å². The summed E-state index contributed by atoms with van der Waals surface area (Å²) >= 11 is 1.60. The van der Waals surface area contributed by atoms with E-state index in [9.17, 15) is 19.7 Å². The van der Waals surface area contributed by atoms with E-state index in [0.29, 0.717) is 19.0 Å². The van der Waals surface area contributed by atoms with Crippen LogP contribution in [0, 0.1) is 10.1 Å². The number of rotatable bonds is 12. The molecule has 8 nitrogen and oxygen atoms in total. The van der Waals surface area contributed by atoms with E-state index in [-0.39, 0.29) is 17.2 Å². The molecule has 0 bridgehead atoms.